The topological polar surface area (TPSA) is 73.9 Å². The minimum Gasteiger partial charge on any atom is -0.467 e. The van der Waals surface area contributed by atoms with Crippen LogP contribution in [-0.2, 0) is 19.0 Å². The van der Waals surface area contributed by atoms with E-state index in [0.29, 0.717) is 0 Å². The molecule has 6 heteroatoms. The molecule has 0 saturated heterocycles. The number of ether oxygens (including phenoxy) is 3. The van der Waals surface area contributed by atoms with Gasteiger partial charge >= 0.3 is 12.1 Å². The lowest BCUT2D eigenvalue weighted by molar-refractivity contribution is -0.148. The van der Waals surface area contributed by atoms with Gasteiger partial charge in [-0.25, -0.2) is 9.59 Å². The van der Waals surface area contributed by atoms with E-state index < -0.39 is 29.8 Å². The van der Waals surface area contributed by atoms with Gasteiger partial charge in [-0.05, 0) is 47.5 Å². The molecule has 0 aliphatic carbocycles. The molecular formula is C16H29NO5. The zero-order valence-electron chi connectivity index (χ0n) is 14.5. The Morgan fingerprint density at radius 3 is 2.32 bits per heavy atom. The van der Waals surface area contributed by atoms with Gasteiger partial charge in [-0.1, -0.05) is 6.08 Å². The van der Waals surface area contributed by atoms with Crippen molar-refractivity contribution in [3.8, 4) is 0 Å². The molecule has 0 aliphatic rings. The number of carbonyl (C=O) groups is 2. The first-order chi connectivity index (χ1) is 10.1. The lowest BCUT2D eigenvalue weighted by Gasteiger charge is -2.27. The van der Waals surface area contributed by atoms with Crippen molar-refractivity contribution >= 4 is 12.1 Å². The predicted molar refractivity (Wildman–Crippen MR) is 84.6 cm³/mol. The fourth-order valence-corrected chi connectivity index (χ4v) is 1.80. The van der Waals surface area contributed by atoms with Crippen molar-refractivity contribution in [3.05, 3.63) is 12.7 Å². The Bertz CT molecular complexity index is 375. The molecule has 22 heavy (non-hydrogen) atoms. The second kappa shape index (κ2) is 9.46. The van der Waals surface area contributed by atoms with Gasteiger partial charge in [0.1, 0.15) is 5.60 Å². The summed E-state index contributed by atoms with van der Waals surface area (Å²) in [5.74, 6) is -0.575. The van der Waals surface area contributed by atoms with E-state index in [2.05, 4.69) is 11.9 Å². The van der Waals surface area contributed by atoms with Gasteiger partial charge in [0.15, 0.2) is 6.04 Å². The van der Waals surface area contributed by atoms with E-state index in [9.17, 15) is 9.59 Å². The highest BCUT2D eigenvalue weighted by molar-refractivity contribution is 5.82. The Morgan fingerprint density at radius 1 is 1.27 bits per heavy atom. The third-order valence-electron chi connectivity index (χ3n) is 2.82. The van der Waals surface area contributed by atoms with Gasteiger partial charge in [-0.15, -0.1) is 6.58 Å². The number of amides is 1. The molecule has 0 aromatic carbocycles. The fourth-order valence-electron chi connectivity index (χ4n) is 1.80. The molecule has 0 bridgehead atoms. The van der Waals surface area contributed by atoms with E-state index in [1.165, 1.54) is 7.11 Å². The molecule has 0 fully saturated rings. The molecule has 6 nitrogen and oxygen atoms in total. The van der Waals surface area contributed by atoms with Crippen LogP contribution in [0.5, 0.6) is 0 Å². The van der Waals surface area contributed by atoms with E-state index in [4.69, 9.17) is 14.2 Å². The van der Waals surface area contributed by atoms with Crippen LogP contribution in [0.25, 0.3) is 0 Å². The number of methoxy groups -OCH3 is 1. The molecule has 0 radical (unpaired) electrons. The summed E-state index contributed by atoms with van der Waals surface area (Å²) in [5.41, 5.74) is -0.647. The van der Waals surface area contributed by atoms with E-state index in [-0.39, 0.29) is 6.10 Å². The Balaban J connectivity index is 4.72. The van der Waals surface area contributed by atoms with Crippen LogP contribution in [0.2, 0.25) is 0 Å². The second-order valence-electron chi connectivity index (χ2n) is 6.16. The Kier molecular flexibility index (Phi) is 8.79. The summed E-state index contributed by atoms with van der Waals surface area (Å²) < 4.78 is 15.6. The number of carbonyl (C=O) groups excluding carboxylic acids is 2. The highest BCUT2D eigenvalue weighted by Crippen LogP contribution is 2.11. The lowest BCUT2D eigenvalue weighted by atomic mass is 10.1. The van der Waals surface area contributed by atoms with Crippen molar-refractivity contribution in [2.24, 2.45) is 0 Å². The van der Waals surface area contributed by atoms with Crippen LogP contribution < -0.4 is 5.32 Å². The minimum atomic E-state index is -0.925. The maximum Gasteiger partial charge on any atom is 0.408 e. The van der Waals surface area contributed by atoms with Crippen LogP contribution >= 0.6 is 0 Å². The van der Waals surface area contributed by atoms with Crippen molar-refractivity contribution in [2.45, 2.75) is 71.3 Å². The zero-order valence-corrected chi connectivity index (χ0v) is 14.5. The highest BCUT2D eigenvalue weighted by atomic mass is 16.6. The van der Waals surface area contributed by atoms with Gasteiger partial charge in [0, 0.05) is 0 Å². The first-order valence-electron chi connectivity index (χ1n) is 7.44. The standard InChI is InChI=1S/C16H29NO5/c1-8-9-10-11(2)21-12(3)13(14(18)20-7)17-15(19)22-16(4,5)6/h8,11-13H,1,9-10H2,2-7H3,(H,17,19). The van der Waals surface area contributed by atoms with Crippen molar-refractivity contribution in [1.82, 2.24) is 5.32 Å². The van der Waals surface area contributed by atoms with E-state index in [1.54, 1.807) is 33.8 Å². The van der Waals surface area contributed by atoms with Crippen LogP contribution in [0.3, 0.4) is 0 Å². The van der Waals surface area contributed by atoms with Gasteiger partial charge in [-0.2, -0.15) is 0 Å². The summed E-state index contributed by atoms with van der Waals surface area (Å²) in [5, 5.41) is 2.50. The Hall–Kier alpha value is -1.56. The minimum absolute atomic E-state index is 0.0689. The second-order valence-corrected chi connectivity index (χ2v) is 6.16. The molecule has 1 amide bonds. The van der Waals surface area contributed by atoms with Gasteiger partial charge < -0.3 is 19.5 Å². The number of allylic oxidation sites excluding steroid dienone is 1. The Morgan fingerprint density at radius 2 is 1.86 bits per heavy atom. The lowest BCUT2D eigenvalue weighted by Crippen LogP contribution is -2.51. The molecule has 0 saturated carbocycles. The van der Waals surface area contributed by atoms with Crippen molar-refractivity contribution < 1.29 is 23.8 Å². The molecule has 0 rings (SSSR count). The number of alkyl carbamates (subject to hydrolysis) is 1. The number of rotatable bonds is 8. The van der Waals surface area contributed by atoms with Gasteiger partial charge in [0.25, 0.3) is 0 Å². The summed E-state index contributed by atoms with van der Waals surface area (Å²) in [7, 11) is 1.26. The van der Waals surface area contributed by atoms with E-state index in [0.717, 1.165) is 12.8 Å². The quantitative estimate of drug-likeness (QED) is 0.551. The molecule has 0 aromatic rings. The molecule has 3 atom stereocenters. The van der Waals surface area contributed by atoms with Crippen molar-refractivity contribution in [1.29, 1.82) is 0 Å². The molecule has 1 N–H and O–H groups in total. The Labute approximate surface area is 133 Å². The maximum atomic E-state index is 11.9. The van der Waals surface area contributed by atoms with Crippen LogP contribution in [0.4, 0.5) is 4.79 Å². The van der Waals surface area contributed by atoms with E-state index >= 15 is 0 Å². The first-order valence-corrected chi connectivity index (χ1v) is 7.44. The summed E-state index contributed by atoms with van der Waals surface area (Å²) in [4.78, 5) is 23.7. The summed E-state index contributed by atoms with van der Waals surface area (Å²) >= 11 is 0. The van der Waals surface area contributed by atoms with Gasteiger partial charge in [-0.3, -0.25) is 0 Å². The van der Waals surface area contributed by atoms with Crippen molar-refractivity contribution in [3.63, 3.8) is 0 Å². The van der Waals surface area contributed by atoms with Gasteiger partial charge in [0.05, 0.1) is 19.3 Å². The predicted octanol–water partition coefficient (Wildman–Crippen LogP) is 2.81. The molecular weight excluding hydrogens is 286 g/mol. The molecule has 0 spiro atoms. The number of nitrogens with one attached hydrogen (secondary N) is 1. The molecule has 3 unspecified atom stereocenters. The highest BCUT2D eigenvalue weighted by Gasteiger charge is 2.31. The van der Waals surface area contributed by atoms with Crippen molar-refractivity contribution in [2.75, 3.05) is 7.11 Å². The summed E-state index contributed by atoms with van der Waals surface area (Å²) in [6.45, 7) is 12.5. The smallest absolute Gasteiger partial charge is 0.408 e. The van der Waals surface area contributed by atoms with Crippen LogP contribution in [0.15, 0.2) is 12.7 Å². The largest absolute Gasteiger partial charge is 0.467 e. The summed E-state index contributed by atoms with van der Waals surface area (Å²) in [6, 6.07) is -0.925. The number of hydrogen-bond acceptors (Lipinski definition) is 5. The fraction of sp³-hybridized carbons (Fsp3) is 0.750. The normalized spacial score (nSPS) is 15.4. The molecule has 0 aliphatic heterocycles. The van der Waals surface area contributed by atoms with Crippen LogP contribution in [0, 0.1) is 0 Å². The molecule has 0 heterocycles. The average Bonchev–Trinajstić information content (AvgIpc) is 2.39. The van der Waals surface area contributed by atoms with E-state index in [1.807, 2.05) is 6.92 Å². The number of esters is 1. The summed E-state index contributed by atoms with van der Waals surface area (Å²) in [6.07, 6.45) is 2.11. The maximum absolute atomic E-state index is 11.9. The SMILES string of the molecule is C=CCCC(C)OC(C)C(NC(=O)OC(C)(C)C)C(=O)OC. The monoisotopic (exact) mass is 315 g/mol. The zero-order chi connectivity index (χ0) is 17.3. The van der Waals surface area contributed by atoms with Crippen LogP contribution in [-0.4, -0.2) is 43.0 Å². The molecule has 0 aromatic heterocycles. The number of hydrogen-bond donors (Lipinski definition) is 1. The van der Waals surface area contributed by atoms with Crippen LogP contribution in [0.1, 0.15) is 47.5 Å². The average molecular weight is 315 g/mol. The third kappa shape index (κ3) is 8.67. The first kappa shape index (κ1) is 20.4. The molecule has 128 valence electrons. The van der Waals surface area contributed by atoms with Gasteiger partial charge in [0.2, 0.25) is 0 Å². The third-order valence-corrected chi connectivity index (χ3v) is 2.82.